The van der Waals surface area contributed by atoms with Crippen molar-refractivity contribution in [3.05, 3.63) is 83.0 Å². The molecule has 0 aliphatic carbocycles. The van der Waals surface area contributed by atoms with Gasteiger partial charge in [-0.15, -0.1) is 0 Å². The van der Waals surface area contributed by atoms with Crippen molar-refractivity contribution in [3.8, 4) is 0 Å². The number of allylic oxidation sites excluding steroid dienone is 3. The van der Waals surface area contributed by atoms with Crippen molar-refractivity contribution in [2.24, 2.45) is 7.05 Å². The molecule has 0 fully saturated rings. The Balaban J connectivity index is 1.58. The molecule has 0 aliphatic heterocycles. The van der Waals surface area contributed by atoms with E-state index in [1.54, 1.807) is 0 Å². The van der Waals surface area contributed by atoms with Crippen LogP contribution in [0.25, 0.3) is 28.1 Å². The normalized spacial score (nSPS) is 12.5. The number of rotatable bonds is 6. The van der Waals surface area contributed by atoms with E-state index in [0.29, 0.717) is 0 Å². The minimum Gasteiger partial charge on any atom is -0.331 e. The van der Waals surface area contributed by atoms with Crippen LogP contribution in [0.1, 0.15) is 42.9 Å². The van der Waals surface area contributed by atoms with Gasteiger partial charge in [0.25, 0.3) is 0 Å². The van der Waals surface area contributed by atoms with Gasteiger partial charge >= 0.3 is 0 Å². The fourth-order valence-corrected chi connectivity index (χ4v) is 3.65. The number of benzene rings is 2. The minimum atomic E-state index is 0.821. The van der Waals surface area contributed by atoms with E-state index in [2.05, 4.69) is 67.7 Å². The van der Waals surface area contributed by atoms with Crippen molar-refractivity contribution < 1.29 is 0 Å². The highest BCUT2D eigenvalue weighted by atomic mass is 15.1. The van der Waals surface area contributed by atoms with Crippen molar-refractivity contribution >= 4 is 28.1 Å². The number of hydrogen-bond acceptors (Lipinski definition) is 3. The second kappa shape index (κ2) is 8.62. The van der Waals surface area contributed by atoms with Crippen LogP contribution in [0.3, 0.4) is 0 Å². The van der Waals surface area contributed by atoms with Crippen molar-refractivity contribution in [2.45, 2.75) is 40.0 Å². The largest absolute Gasteiger partial charge is 0.331 e. The van der Waals surface area contributed by atoms with Crippen LogP contribution in [0.2, 0.25) is 0 Å². The molecule has 152 valence electrons. The fraction of sp³-hybridized carbons (Fsp3) is 0.269. The van der Waals surface area contributed by atoms with Crippen LogP contribution in [-0.2, 0) is 19.9 Å². The maximum absolute atomic E-state index is 4.97. The Labute approximate surface area is 178 Å². The molecular formula is C26H28N4. The Morgan fingerprint density at radius 1 is 1.03 bits per heavy atom. The third-order valence-corrected chi connectivity index (χ3v) is 5.76. The average molecular weight is 397 g/mol. The van der Waals surface area contributed by atoms with Crippen LogP contribution in [0.5, 0.6) is 0 Å². The number of hydrogen-bond donors (Lipinski definition) is 0. The first-order valence-electron chi connectivity index (χ1n) is 10.6. The maximum Gasteiger partial charge on any atom is 0.109 e. The molecular weight excluding hydrogens is 368 g/mol. The quantitative estimate of drug-likeness (QED) is 0.377. The van der Waals surface area contributed by atoms with Gasteiger partial charge < -0.3 is 4.57 Å². The standard InChI is InChI=1S/C26H28N4/c1-5-18(2)9-8-10-20-13-15-24-26(19(20)3)29-25(30(24)4)16-14-21-17-27-22-11-6-7-12-23(22)28-21/h6-13,15,17H,5,14,16H2,1-4H3/b10-8-,18-9+. The summed E-state index contributed by atoms with van der Waals surface area (Å²) >= 11 is 0. The molecule has 4 nitrogen and oxygen atoms in total. The summed E-state index contributed by atoms with van der Waals surface area (Å²) in [6, 6.07) is 12.3. The van der Waals surface area contributed by atoms with E-state index in [1.165, 1.54) is 22.2 Å². The molecule has 0 spiro atoms. The van der Waals surface area contributed by atoms with E-state index in [4.69, 9.17) is 9.97 Å². The molecule has 0 radical (unpaired) electrons. The molecule has 0 aliphatic rings. The smallest absolute Gasteiger partial charge is 0.109 e. The average Bonchev–Trinajstić information content (AvgIpc) is 3.10. The van der Waals surface area contributed by atoms with Gasteiger partial charge in [-0.05, 0) is 56.0 Å². The van der Waals surface area contributed by atoms with Crippen molar-refractivity contribution in [1.29, 1.82) is 0 Å². The molecule has 2 heterocycles. The van der Waals surface area contributed by atoms with E-state index in [-0.39, 0.29) is 0 Å². The summed E-state index contributed by atoms with van der Waals surface area (Å²) in [5, 5.41) is 0. The molecule has 0 saturated carbocycles. The Hall–Kier alpha value is -3.27. The number of fused-ring (bicyclic) bond motifs is 2. The lowest BCUT2D eigenvalue weighted by Crippen LogP contribution is -2.02. The molecule has 0 atom stereocenters. The first kappa shape index (κ1) is 20.0. The monoisotopic (exact) mass is 396 g/mol. The number of para-hydroxylation sites is 2. The van der Waals surface area contributed by atoms with Crippen LogP contribution in [-0.4, -0.2) is 19.5 Å². The first-order chi connectivity index (χ1) is 14.6. The molecule has 0 amide bonds. The van der Waals surface area contributed by atoms with E-state index in [9.17, 15) is 0 Å². The highest BCUT2D eigenvalue weighted by Gasteiger charge is 2.12. The van der Waals surface area contributed by atoms with Gasteiger partial charge in [0.15, 0.2) is 0 Å². The Morgan fingerprint density at radius 3 is 2.63 bits per heavy atom. The Kier molecular flexibility index (Phi) is 5.75. The van der Waals surface area contributed by atoms with Gasteiger partial charge in [-0.25, -0.2) is 9.97 Å². The molecule has 0 bridgehead atoms. The van der Waals surface area contributed by atoms with Crippen LogP contribution >= 0.6 is 0 Å². The zero-order valence-electron chi connectivity index (χ0n) is 18.2. The predicted molar refractivity (Wildman–Crippen MR) is 125 cm³/mol. The highest BCUT2D eigenvalue weighted by Crippen LogP contribution is 2.24. The van der Waals surface area contributed by atoms with Crippen molar-refractivity contribution in [2.75, 3.05) is 0 Å². The van der Waals surface area contributed by atoms with Crippen LogP contribution in [0.4, 0.5) is 0 Å². The lowest BCUT2D eigenvalue weighted by molar-refractivity contribution is 0.775. The molecule has 2 aromatic heterocycles. The zero-order chi connectivity index (χ0) is 21.1. The molecule has 2 aromatic carbocycles. The third-order valence-electron chi connectivity index (χ3n) is 5.76. The second-order valence-corrected chi connectivity index (χ2v) is 7.81. The van der Waals surface area contributed by atoms with Crippen molar-refractivity contribution in [1.82, 2.24) is 19.5 Å². The summed E-state index contributed by atoms with van der Waals surface area (Å²) in [5.41, 5.74) is 8.94. The fourth-order valence-electron chi connectivity index (χ4n) is 3.65. The Bertz CT molecular complexity index is 1260. The lowest BCUT2D eigenvalue weighted by Gasteiger charge is -2.04. The molecule has 4 heteroatoms. The topological polar surface area (TPSA) is 43.6 Å². The molecule has 4 rings (SSSR count). The number of imidazole rings is 1. The van der Waals surface area contributed by atoms with Crippen molar-refractivity contribution in [3.63, 3.8) is 0 Å². The summed E-state index contributed by atoms with van der Waals surface area (Å²) in [7, 11) is 2.10. The van der Waals surface area contributed by atoms with E-state index >= 15 is 0 Å². The van der Waals surface area contributed by atoms with E-state index in [1.807, 2.05) is 30.5 Å². The molecule has 0 unspecified atom stereocenters. The highest BCUT2D eigenvalue weighted by molar-refractivity contribution is 5.83. The van der Waals surface area contributed by atoms with Crippen LogP contribution < -0.4 is 0 Å². The summed E-state index contributed by atoms with van der Waals surface area (Å²) in [6.45, 7) is 6.49. The lowest BCUT2D eigenvalue weighted by atomic mass is 10.1. The SMILES string of the molecule is CC/C(C)=C/C=C\c1ccc2c(nc(CCc3cnc4ccccc4n3)n2C)c1C. The third kappa shape index (κ3) is 4.04. The minimum absolute atomic E-state index is 0.821. The van der Waals surface area contributed by atoms with E-state index < -0.39 is 0 Å². The first-order valence-corrected chi connectivity index (χ1v) is 10.6. The molecule has 0 saturated heterocycles. The van der Waals surface area contributed by atoms with Crippen LogP contribution in [0.15, 0.2) is 60.3 Å². The van der Waals surface area contributed by atoms with Gasteiger partial charge in [0.05, 0.1) is 27.8 Å². The van der Waals surface area contributed by atoms with Gasteiger partial charge in [0.1, 0.15) is 5.82 Å². The predicted octanol–water partition coefficient (Wildman–Crippen LogP) is 5.98. The maximum atomic E-state index is 4.97. The summed E-state index contributed by atoms with van der Waals surface area (Å²) < 4.78 is 2.20. The Morgan fingerprint density at radius 2 is 1.83 bits per heavy atom. The molecule has 4 aromatic rings. The van der Waals surface area contributed by atoms with Gasteiger partial charge in [0.2, 0.25) is 0 Å². The van der Waals surface area contributed by atoms with Gasteiger partial charge in [-0.3, -0.25) is 4.98 Å². The molecule has 0 N–H and O–H groups in total. The van der Waals surface area contributed by atoms with E-state index in [0.717, 1.165) is 47.3 Å². The molecule has 30 heavy (non-hydrogen) atoms. The number of aromatic nitrogens is 4. The second-order valence-electron chi connectivity index (χ2n) is 7.81. The van der Waals surface area contributed by atoms with Gasteiger partial charge in [-0.2, -0.15) is 0 Å². The summed E-state index contributed by atoms with van der Waals surface area (Å²) in [5.74, 6) is 1.07. The number of aryl methyl sites for hydroxylation is 4. The summed E-state index contributed by atoms with van der Waals surface area (Å²) in [6.07, 6.45) is 11.1. The van der Waals surface area contributed by atoms with Crippen LogP contribution in [0, 0.1) is 6.92 Å². The number of nitrogens with zero attached hydrogens (tertiary/aromatic N) is 4. The zero-order valence-corrected chi connectivity index (χ0v) is 18.2. The summed E-state index contributed by atoms with van der Waals surface area (Å²) in [4.78, 5) is 14.3. The van der Waals surface area contributed by atoms with Gasteiger partial charge in [-0.1, -0.05) is 48.9 Å². The van der Waals surface area contributed by atoms with Gasteiger partial charge in [0, 0.05) is 19.7 Å².